The standard InChI is InChI=1S/C20H27N3.ClH/c1-15-13-17(18-5-2-3-6-20(18)22-15)14-23-11-8-16(9-12-23)19-7-4-10-21-19;/h2-3,5-6,13,16,19,21H,4,7-12,14H2,1H3;1H. The number of pyridine rings is 1. The van der Waals surface area contributed by atoms with Crippen LogP contribution in [0.1, 0.15) is 36.9 Å². The number of fused-ring (bicyclic) bond motifs is 1. The molecule has 1 atom stereocenters. The number of benzene rings is 1. The average molecular weight is 346 g/mol. The maximum atomic E-state index is 4.67. The Hall–Kier alpha value is -1.16. The second kappa shape index (κ2) is 7.81. The number of halogens is 1. The summed E-state index contributed by atoms with van der Waals surface area (Å²) in [6.45, 7) is 6.87. The SMILES string of the molecule is Cc1cc(CN2CCC(C3CCCN3)CC2)c2ccccc2n1.Cl. The molecule has 1 unspecified atom stereocenters. The van der Waals surface area contributed by atoms with Gasteiger partial charge >= 0.3 is 0 Å². The lowest BCUT2D eigenvalue weighted by molar-refractivity contribution is 0.158. The number of rotatable bonds is 3. The number of hydrogen-bond acceptors (Lipinski definition) is 3. The second-order valence-electron chi connectivity index (χ2n) is 7.26. The molecule has 2 fully saturated rings. The van der Waals surface area contributed by atoms with E-state index in [9.17, 15) is 0 Å². The molecule has 3 nitrogen and oxygen atoms in total. The molecule has 2 aliphatic heterocycles. The molecule has 4 rings (SSSR count). The number of para-hydroxylation sites is 1. The molecule has 1 aromatic heterocycles. The van der Waals surface area contributed by atoms with E-state index >= 15 is 0 Å². The van der Waals surface area contributed by atoms with Crippen molar-refractivity contribution in [2.75, 3.05) is 19.6 Å². The van der Waals surface area contributed by atoms with Crippen LogP contribution in [0, 0.1) is 12.8 Å². The molecule has 0 saturated carbocycles. The van der Waals surface area contributed by atoms with Gasteiger partial charge < -0.3 is 5.32 Å². The quantitative estimate of drug-likeness (QED) is 0.913. The molecule has 24 heavy (non-hydrogen) atoms. The van der Waals surface area contributed by atoms with Gasteiger partial charge in [0.25, 0.3) is 0 Å². The third-order valence-corrected chi connectivity index (χ3v) is 5.62. The van der Waals surface area contributed by atoms with Crippen LogP contribution in [0.5, 0.6) is 0 Å². The Morgan fingerprint density at radius 2 is 1.96 bits per heavy atom. The van der Waals surface area contributed by atoms with Gasteiger partial charge in [0.2, 0.25) is 0 Å². The fourth-order valence-electron chi connectivity index (χ4n) is 4.39. The van der Waals surface area contributed by atoms with Crippen molar-refractivity contribution in [3.63, 3.8) is 0 Å². The molecule has 1 N–H and O–H groups in total. The predicted molar refractivity (Wildman–Crippen MR) is 103 cm³/mol. The van der Waals surface area contributed by atoms with Gasteiger partial charge in [-0.15, -0.1) is 12.4 Å². The minimum Gasteiger partial charge on any atom is -0.314 e. The van der Waals surface area contributed by atoms with E-state index < -0.39 is 0 Å². The second-order valence-corrected chi connectivity index (χ2v) is 7.26. The van der Waals surface area contributed by atoms with Crippen LogP contribution in [0.25, 0.3) is 10.9 Å². The molecule has 2 aromatic rings. The van der Waals surface area contributed by atoms with Crippen LogP contribution < -0.4 is 5.32 Å². The van der Waals surface area contributed by atoms with Crippen LogP contribution in [0.2, 0.25) is 0 Å². The fourth-order valence-corrected chi connectivity index (χ4v) is 4.39. The molecule has 130 valence electrons. The topological polar surface area (TPSA) is 28.2 Å². The smallest absolute Gasteiger partial charge is 0.0708 e. The molecule has 0 aliphatic carbocycles. The van der Waals surface area contributed by atoms with Gasteiger partial charge in [0.1, 0.15) is 0 Å². The van der Waals surface area contributed by atoms with E-state index in [1.165, 1.54) is 56.3 Å². The molecule has 2 saturated heterocycles. The summed E-state index contributed by atoms with van der Waals surface area (Å²) in [6.07, 6.45) is 5.45. The minimum atomic E-state index is 0. The van der Waals surface area contributed by atoms with Crippen LogP contribution >= 0.6 is 12.4 Å². The Kier molecular flexibility index (Phi) is 5.75. The third-order valence-electron chi connectivity index (χ3n) is 5.62. The molecule has 0 amide bonds. The van der Waals surface area contributed by atoms with Crippen molar-refractivity contribution in [3.8, 4) is 0 Å². The minimum absolute atomic E-state index is 0. The highest BCUT2D eigenvalue weighted by Crippen LogP contribution is 2.27. The summed E-state index contributed by atoms with van der Waals surface area (Å²) in [4.78, 5) is 7.30. The van der Waals surface area contributed by atoms with Crippen molar-refractivity contribution in [1.82, 2.24) is 15.2 Å². The summed E-state index contributed by atoms with van der Waals surface area (Å²) in [5.41, 5.74) is 3.70. The highest BCUT2D eigenvalue weighted by molar-refractivity contribution is 5.85. The molecule has 3 heterocycles. The van der Waals surface area contributed by atoms with Crippen LogP contribution in [-0.4, -0.2) is 35.6 Å². The summed E-state index contributed by atoms with van der Waals surface area (Å²) >= 11 is 0. The summed E-state index contributed by atoms with van der Waals surface area (Å²) < 4.78 is 0. The van der Waals surface area contributed by atoms with E-state index in [1.54, 1.807) is 0 Å². The maximum Gasteiger partial charge on any atom is 0.0708 e. The van der Waals surface area contributed by atoms with Crippen molar-refractivity contribution < 1.29 is 0 Å². The largest absolute Gasteiger partial charge is 0.314 e. The predicted octanol–water partition coefficient (Wildman–Crippen LogP) is 3.93. The van der Waals surface area contributed by atoms with Crippen molar-refractivity contribution in [1.29, 1.82) is 0 Å². The van der Waals surface area contributed by atoms with Gasteiger partial charge in [0.15, 0.2) is 0 Å². The first-order valence-electron chi connectivity index (χ1n) is 9.10. The van der Waals surface area contributed by atoms with Gasteiger partial charge in [-0.1, -0.05) is 18.2 Å². The number of likely N-dealkylation sites (tertiary alicyclic amines) is 1. The van der Waals surface area contributed by atoms with Gasteiger partial charge in [-0.3, -0.25) is 9.88 Å². The zero-order chi connectivity index (χ0) is 15.6. The Balaban J connectivity index is 0.00000169. The monoisotopic (exact) mass is 345 g/mol. The Labute approximate surface area is 151 Å². The van der Waals surface area contributed by atoms with Gasteiger partial charge in [-0.05, 0) is 75.9 Å². The van der Waals surface area contributed by atoms with E-state index in [0.29, 0.717) is 0 Å². The first kappa shape index (κ1) is 17.7. The van der Waals surface area contributed by atoms with Crippen molar-refractivity contribution in [2.45, 2.75) is 45.2 Å². The number of hydrogen-bond donors (Lipinski definition) is 1. The summed E-state index contributed by atoms with van der Waals surface area (Å²) in [6, 6.07) is 11.6. The molecule has 0 bridgehead atoms. The van der Waals surface area contributed by atoms with Crippen LogP contribution in [0.15, 0.2) is 30.3 Å². The molecule has 1 aromatic carbocycles. The molecule has 2 aliphatic rings. The summed E-state index contributed by atoms with van der Waals surface area (Å²) in [7, 11) is 0. The van der Waals surface area contributed by atoms with E-state index in [2.05, 4.69) is 52.5 Å². The molecular weight excluding hydrogens is 318 g/mol. The van der Waals surface area contributed by atoms with Crippen molar-refractivity contribution >= 4 is 23.3 Å². The van der Waals surface area contributed by atoms with Gasteiger partial charge in [0.05, 0.1) is 5.52 Å². The fraction of sp³-hybridized carbons (Fsp3) is 0.550. The molecular formula is C20H28ClN3. The van der Waals surface area contributed by atoms with Crippen molar-refractivity contribution in [2.24, 2.45) is 5.92 Å². The number of nitrogens with zero attached hydrogens (tertiary/aromatic N) is 2. The van der Waals surface area contributed by atoms with Gasteiger partial charge in [-0.25, -0.2) is 0 Å². The van der Waals surface area contributed by atoms with E-state index in [-0.39, 0.29) is 12.4 Å². The van der Waals surface area contributed by atoms with Crippen LogP contribution in [0.3, 0.4) is 0 Å². The van der Waals surface area contributed by atoms with E-state index in [0.717, 1.165) is 29.7 Å². The van der Waals surface area contributed by atoms with Crippen LogP contribution in [0.4, 0.5) is 0 Å². The Morgan fingerprint density at radius 3 is 2.71 bits per heavy atom. The highest BCUT2D eigenvalue weighted by atomic mass is 35.5. The zero-order valence-electron chi connectivity index (χ0n) is 14.5. The zero-order valence-corrected chi connectivity index (χ0v) is 15.3. The first-order chi connectivity index (χ1) is 11.3. The molecule has 4 heteroatoms. The maximum absolute atomic E-state index is 4.67. The number of piperidine rings is 1. The number of aryl methyl sites for hydroxylation is 1. The summed E-state index contributed by atoms with van der Waals surface area (Å²) in [5, 5.41) is 5.01. The number of nitrogens with one attached hydrogen (secondary N) is 1. The van der Waals surface area contributed by atoms with Crippen LogP contribution in [-0.2, 0) is 6.54 Å². The third kappa shape index (κ3) is 3.74. The van der Waals surface area contributed by atoms with Crippen molar-refractivity contribution in [3.05, 3.63) is 41.6 Å². The van der Waals surface area contributed by atoms with Gasteiger partial charge in [0, 0.05) is 23.7 Å². The normalized spacial score (nSPS) is 22.6. The van der Waals surface area contributed by atoms with Gasteiger partial charge in [-0.2, -0.15) is 0 Å². The number of aromatic nitrogens is 1. The molecule has 0 radical (unpaired) electrons. The average Bonchev–Trinajstić information content (AvgIpc) is 3.10. The lowest BCUT2D eigenvalue weighted by Crippen LogP contribution is -2.40. The Morgan fingerprint density at radius 1 is 1.17 bits per heavy atom. The lowest BCUT2D eigenvalue weighted by Gasteiger charge is -2.35. The Bertz CT molecular complexity index is 674. The van der Waals surface area contributed by atoms with E-state index in [1.807, 2.05) is 0 Å². The highest BCUT2D eigenvalue weighted by Gasteiger charge is 2.28. The molecule has 0 spiro atoms. The summed E-state index contributed by atoms with van der Waals surface area (Å²) in [5.74, 6) is 0.893. The first-order valence-corrected chi connectivity index (χ1v) is 9.10. The lowest BCUT2D eigenvalue weighted by atomic mass is 9.88. The van der Waals surface area contributed by atoms with E-state index in [4.69, 9.17) is 0 Å².